The van der Waals surface area contributed by atoms with Crippen LogP contribution in [-0.4, -0.2) is 4.57 Å². The van der Waals surface area contributed by atoms with E-state index in [0.29, 0.717) is 0 Å². The van der Waals surface area contributed by atoms with Gasteiger partial charge in [-0.25, -0.2) is 0 Å². The third kappa shape index (κ3) is 5.55. The highest BCUT2D eigenvalue weighted by atomic mass is 15.1. The Bertz CT molecular complexity index is 4750. The van der Waals surface area contributed by atoms with Gasteiger partial charge >= 0.3 is 0 Å². The Morgan fingerprint density at radius 3 is 1.59 bits per heavy atom. The molecular weight excluding hydrogens is 941 g/mol. The molecule has 1 spiro atoms. The molecule has 0 saturated carbocycles. The lowest BCUT2D eigenvalue weighted by atomic mass is 9.65. The van der Waals surface area contributed by atoms with E-state index in [-0.39, 0.29) is 0 Å². The normalized spacial score (nSPS) is 15.1. The molecule has 2 heteroatoms. The van der Waals surface area contributed by atoms with Gasteiger partial charge in [0.1, 0.15) is 0 Å². The van der Waals surface area contributed by atoms with E-state index < -0.39 is 10.8 Å². The molecule has 1 unspecified atom stereocenters. The zero-order valence-electron chi connectivity index (χ0n) is 42.6. The predicted octanol–water partition coefficient (Wildman–Crippen LogP) is 19.3. The lowest BCUT2D eigenvalue weighted by molar-refractivity contribution is 0.748. The van der Waals surface area contributed by atoms with Gasteiger partial charge in [0, 0.05) is 27.4 Å². The van der Waals surface area contributed by atoms with Crippen molar-refractivity contribution < 1.29 is 0 Å². The van der Waals surface area contributed by atoms with E-state index in [0.717, 1.165) is 17.1 Å². The van der Waals surface area contributed by atoms with Crippen molar-refractivity contribution in [3.05, 3.63) is 336 Å². The average molecular weight is 989 g/mol. The van der Waals surface area contributed by atoms with Crippen molar-refractivity contribution in [3.63, 3.8) is 0 Å². The summed E-state index contributed by atoms with van der Waals surface area (Å²) in [5, 5.41) is 7.45. The quantitative estimate of drug-likeness (QED) is 0.161. The Balaban J connectivity index is 0.999. The van der Waals surface area contributed by atoms with Gasteiger partial charge in [0.15, 0.2) is 0 Å². The Labute approximate surface area is 453 Å². The second-order valence-electron chi connectivity index (χ2n) is 21.4. The maximum absolute atomic E-state index is 2.61. The predicted molar refractivity (Wildman–Crippen MR) is 324 cm³/mol. The number of rotatable bonds is 6. The number of nitrogens with zero attached hydrogens (tertiary/aromatic N) is 2. The topological polar surface area (TPSA) is 8.17 Å². The van der Waals surface area contributed by atoms with Gasteiger partial charge in [-0.05, 0) is 125 Å². The summed E-state index contributed by atoms with van der Waals surface area (Å²) in [5.41, 5.74) is 23.5. The van der Waals surface area contributed by atoms with E-state index >= 15 is 0 Å². The second-order valence-corrected chi connectivity index (χ2v) is 21.4. The van der Waals surface area contributed by atoms with Crippen molar-refractivity contribution >= 4 is 60.4 Å². The minimum absolute atomic E-state index is 0.616. The summed E-state index contributed by atoms with van der Waals surface area (Å²) >= 11 is 0. The first-order chi connectivity index (χ1) is 38.7. The highest BCUT2D eigenvalue weighted by Crippen LogP contribution is 2.65. The largest absolute Gasteiger partial charge is 0.309 e. The fourth-order valence-electron chi connectivity index (χ4n) is 14.9. The van der Waals surface area contributed by atoms with Crippen LogP contribution in [0.4, 0.5) is 17.1 Å². The molecule has 78 heavy (non-hydrogen) atoms. The van der Waals surface area contributed by atoms with Crippen molar-refractivity contribution in [2.45, 2.75) is 10.8 Å². The third-order valence-electron chi connectivity index (χ3n) is 17.8. The second kappa shape index (κ2) is 16.2. The van der Waals surface area contributed by atoms with Crippen molar-refractivity contribution in [1.29, 1.82) is 0 Å². The van der Waals surface area contributed by atoms with Crippen LogP contribution in [0.15, 0.2) is 291 Å². The summed E-state index contributed by atoms with van der Waals surface area (Å²) < 4.78 is 2.54. The summed E-state index contributed by atoms with van der Waals surface area (Å²) in [5.74, 6) is 0. The molecule has 2 heterocycles. The molecule has 0 radical (unpaired) electrons. The molecule has 0 fully saturated rings. The van der Waals surface area contributed by atoms with Gasteiger partial charge in [0.2, 0.25) is 0 Å². The highest BCUT2D eigenvalue weighted by molar-refractivity contribution is 6.15. The standard InChI is InChI=1S/C76H48N2/c1-3-24-51(25-4-1)75(52-26-5-2-6-27-52)62-36-14-11-32-60(62)72-58-31-10-9-29-56(58)71(48-67(72)75)77(53-46-44-50(45-47-53)55-34-19-23-49-22-7-8-28-54(49)55)70-43-21-39-65-73(70)61-33-12-15-37-63(61)76(65)64-38-16-18-42-69(64)78-68-41-17-13-30-57(68)59-35-20-40-66(76)74(59)78/h1-48H. The number of hydrogen-bond donors (Lipinski definition) is 0. The molecule has 362 valence electrons. The SMILES string of the molecule is c1ccc(C2(c3ccccc3)c3ccccc3-c3c2cc(N(c2ccc(-c4cccc5ccccc45)cc2)c2cccc4c2-c2ccccc2C42c4ccccc4-n4c5ccccc5c5cccc2c54)c2ccccc32)cc1. The van der Waals surface area contributed by atoms with E-state index in [1.54, 1.807) is 0 Å². The molecule has 2 nitrogen and oxygen atoms in total. The van der Waals surface area contributed by atoms with Crippen LogP contribution in [0.2, 0.25) is 0 Å². The third-order valence-corrected chi connectivity index (χ3v) is 17.8. The number of hydrogen-bond acceptors (Lipinski definition) is 1. The van der Waals surface area contributed by atoms with Crippen LogP contribution in [0, 0.1) is 0 Å². The van der Waals surface area contributed by atoms with E-state index in [2.05, 4.69) is 301 Å². The Kier molecular flexibility index (Phi) is 9.01. The first-order valence-corrected chi connectivity index (χ1v) is 27.3. The van der Waals surface area contributed by atoms with Crippen LogP contribution >= 0.6 is 0 Å². The lowest BCUT2D eigenvalue weighted by Gasteiger charge is -2.40. The van der Waals surface area contributed by atoms with Crippen LogP contribution in [-0.2, 0) is 10.8 Å². The molecule has 1 aliphatic heterocycles. The van der Waals surface area contributed by atoms with Gasteiger partial charge in [-0.3, -0.25) is 0 Å². The summed E-state index contributed by atoms with van der Waals surface area (Å²) in [4.78, 5) is 2.61. The molecule has 13 aromatic carbocycles. The van der Waals surface area contributed by atoms with Crippen LogP contribution in [0.1, 0.15) is 44.5 Å². The first-order valence-electron chi connectivity index (χ1n) is 27.3. The highest BCUT2D eigenvalue weighted by Gasteiger charge is 2.52. The summed E-state index contributed by atoms with van der Waals surface area (Å²) in [6.07, 6.45) is 0. The van der Waals surface area contributed by atoms with Crippen LogP contribution in [0.5, 0.6) is 0 Å². The summed E-state index contributed by atoms with van der Waals surface area (Å²) in [7, 11) is 0. The molecule has 0 bridgehead atoms. The number of benzene rings is 13. The van der Waals surface area contributed by atoms with Gasteiger partial charge in [-0.1, -0.05) is 255 Å². The summed E-state index contributed by atoms with van der Waals surface area (Å²) in [6, 6.07) is 110. The Morgan fingerprint density at radius 1 is 0.295 bits per heavy atom. The first kappa shape index (κ1) is 43.2. The smallest absolute Gasteiger partial charge is 0.0755 e. The molecular formula is C76H48N2. The Hall–Kier alpha value is -10.0. The fourth-order valence-corrected chi connectivity index (χ4v) is 14.9. The molecule has 1 atom stereocenters. The number of para-hydroxylation sites is 3. The van der Waals surface area contributed by atoms with Crippen molar-refractivity contribution in [3.8, 4) is 39.1 Å². The monoisotopic (exact) mass is 988 g/mol. The van der Waals surface area contributed by atoms with E-state index in [1.807, 2.05) is 0 Å². The van der Waals surface area contributed by atoms with Crippen LogP contribution in [0.25, 0.3) is 82.4 Å². The van der Waals surface area contributed by atoms with Crippen LogP contribution < -0.4 is 4.90 Å². The number of aromatic nitrogens is 1. The number of fused-ring (bicyclic) bond motifs is 18. The zero-order valence-corrected chi connectivity index (χ0v) is 42.6. The van der Waals surface area contributed by atoms with Crippen molar-refractivity contribution in [2.24, 2.45) is 0 Å². The van der Waals surface area contributed by atoms with E-state index in [9.17, 15) is 0 Å². The van der Waals surface area contributed by atoms with Crippen molar-refractivity contribution in [1.82, 2.24) is 4.57 Å². The molecule has 1 aromatic heterocycles. The van der Waals surface area contributed by atoms with Gasteiger partial charge in [-0.15, -0.1) is 0 Å². The van der Waals surface area contributed by atoms with E-state index in [1.165, 1.54) is 127 Å². The van der Waals surface area contributed by atoms with Gasteiger partial charge < -0.3 is 9.47 Å². The maximum atomic E-state index is 2.61. The zero-order chi connectivity index (χ0) is 51.1. The Morgan fingerprint density at radius 2 is 0.821 bits per heavy atom. The number of anilines is 3. The molecule has 3 aliphatic rings. The molecule has 14 aromatic rings. The molecule has 2 aliphatic carbocycles. The van der Waals surface area contributed by atoms with Gasteiger partial charge in [0.25, 0.3) is 0 Å². The van der Waals surface area contributed by atoms with Gasteiger partial charge in [-0.2, -0.15) is 0 Å². The maximum Gasteiger partial charge on any atom is 0.0755 e. The minimum atomic E-state index is -0.621. The van der Waals surface area contributed by atoms with Crippen LogP contribution in [0.3, 0.4) is 0 Å². The lowest BCUT2D eigenvalue weighted by Crippen LogP contribution is -2.33. The molecule has 0 saturated heterocycles. The summed E-state index contributed by atoms with van der Waals surface area (Å²) in [6.45, 7) is 0. The van der Waals surface area contributed by atoms with Gasteiger partial charge in [0.05, 0.1) is 38.9 Å². The molecule has 17 rings (SSSR count). The molecule has 0 N–H and O–H groups in total. The minimum Gasteiger partial charge on any atom is -0.309 e. The van der Waals surface area contributed by atoms with E-state index in [4.69, 9.17) is 0 Å². The molecule has 0 amide bonds. The fraction of sp³-hybridized carbons (Fsp3) is 0.0263. The average Bonchev–Trinajstić information content (AvgIpc) is 4.17. The van der Waals surface area contributed by atoms with Crippen molar-refractivity contribution in [2.75, 3.05) is 4.90 Å².